The number of rotatable bonds is 48. The number of allylic oxidation sites excluding steroid dienone is 9. The normalized spacial score (nSPS) is 20.0. The number of hydrogen-bond acceptors (Lipinski definition) is 10. The van der Waals surface area contributed by atoms with Crippen molar-refractivity contribution in [2.75, 3.05) is 13.2 Å². The first kappa shape index (κ1) is 66.4. The second-order valence-corrected chi connectivity index (χ2v) is 20.0. The second kappa shape index (κ2) is 48.3. The van der Waals surface area contributed by atoms with Crippen LogP contribution < -0.4 is 5.32 Å². The van der Waals surface area contributed by atoms with E-state index in [0.717, 1.165) is 77.0 Å². The van der Waals surface area contributed by atoms with Gasteiger partial charge in [0, 0.05) is 6.42 Å². The predicted molar refractivity (Wildman–Crippen MR) is 292 cm³/mol. The van der Waals surface area contributed by atoms with E-state index in [2.05, 4.69) is 74.7 Å². The summed E-state index contributed by atoms with van der Waals surface area (Å²) < 4.78 is 17.5. The smallest absolute Gasteiger partial charge is 0.306 e. The molecule has 71 heavy (non-hydrogen) atoms. The maximum atomic E-state index is 13.4. The highest BCUT2D eigenvalue weighted by atomic mass is 16.7. The van der Waals surface area contributed by atoms with E-state index in [1.54, 1.807) is 6.08 Å². The second-order valence-electron chi connectivity index (χ2n) is 20.0. The summed E-state index contributed by atoms with van der Waals surface area (Å²) in [5.41, 5.74) is 0. The molecule has 8 atom stereocenters. The number of aliphatic hydroxyl groups is 5. The Morgan fingerprint density at radius 1 is 0.549 bits per heavy atom. The molecule has 1 saturated heterocycles. The molecule has 6 N–H and O–H groups in total. The van der Waals surface area contributed by atoms with Crippen LogP contribution in [-0.4, -0.2) is 99.6 Å². The molecule has 1 amide bonds. The first-order valence-electron chi connectivity index (χ1n) is 29.1. The fraction of sp³-hybridized carbons (Fsp3) is 0.800. The van der Waals surface area contributed by atoms with E-state index in [0.29, 0.717) is 12.8 Å². The third kappa shape index (κ3) is 36.9. The van der Waals surface area contributed by atoms with Crippen LogP contribution in [-0.2, 0) is 23.8 Å². The molecule has 0 aromatic carbocycles. The summed E-state index contributed by atoms with van der Waals surface area (Å²) in [7, 11) is 0. The van der Waals surface area contributed by atoms with Crippen LogP contribution in [0.15, 0.2) is 60.8 Å². The summed E-state index contributed by atoms with van der Waals surface area (Å²) >= 11 is 0. The van der Waals surface area contributed by atoms with E-state index in [1.165, 1.54) is 122 Å². The number of ether oxygens (including phenoxy) is 3. The lowest BCUT2D eigenvalue weighted by molar-refractivity contribution is -0.305. The topological polar surface area (TPSA) is 175 Å². The molecule has 1 fully saturated rings. The third-order valence-electron chi connectivity index (χ3n) is 13.4. The number of aliphatic hydroxyl groups excluding tert-OH is 5. The molecule has 0 saturated carbocycles. The summed E-state index contributed by atoms with van der Waals surface area (Å²) in [6.45, 7) is 5.72. The molecule has 0 aliphatic carbocycles. The van der Waals surface area contributed by atoms with Crippen molar-refractivity contribution < 1.29 is 49.3 Å². The van der Waals surface area contributed by atoms with Crippen molar-refractivity contribution in [3.8, 4) is 0 Å². The van der Waals surface area contributed by atoms with Crippen LogP contribution >= 0.6 is 0 Å². The van der Waals surface area contributed by atoms with Crippen molar-refractivity contribution >= 4 is 11.9 Å². The SMILES string of the molecule is CCCCC/C=C\C/C=C\C/C=C\C/C=C\CCCCC(O)C(=O)NC(COC1OC(CO)C(O)C(O)C1OC(=O)CCCCCCCCCCCCCCC)C(O)/C=C/CCCCCCCCCCC. The van der Waals surface area contributed by atoms with E-state index >= 15 is 0 Å². The Balaban J connectivity index is 2.74. The fourth-order valence-corrected chi connectivity index (χ4v) is 8.75. The van der Waals surface area contributed by atoms with Crippen LogP contribution in [0.3, 0.4) is 0 Å². The number of nitrogens with one attached hydrogen (secondary N) is 1. The number of unbranched alkanes of at least 4 members (excludes halogenated alkanes) is 26. The van der Waals surface area contributed by atoms with Gasteiger partial charge in [0.15, 0.2) is 12.4 Å². The number of amides is 1. The Morgan fingerprint density at radius 3 is 1.48 bits per heavy atom. The number of carbonyl (C=O) groups is 2. The van der Waals surface area contributed by atoms with E-state index in [4.69, 9.17) is 14.2 Å². The minimum Gasteiger partial charge on any atom is -0.454 e. The lowest BCUT2D eigenvalue weighted by atomic mass is 9.99. The zero-order valence-corrected chi connectivity index (χ0v) is 45.3. The molecular formula is C60H107NO10. The lowest BCUT2D eigenvalue weighted by Gasteiger charge is -2.41. The highest BCUT2D eigenvalue weighted by molar-refractivity contribution is 5.80. The predicted octanol–water partition coefficient (Wildman–Crippen LogP) is 13.1. The first-order valence-corrected chi connectivity index (χ1v) is 29.1. The van der Waals surface area contributed by atoms with Gasteiger partial charge in [0.2, 0.25) is 5.91 Å². The zero-order valence-electron chi connectivity index (χ0n) is 45.3. The molecule has 1 aliphatic rings. The molecular weight excluding hydrogens is 895 g/mol. The standard InChI is InChI=1S/C60H107NO10/c1-4-7-10-13-16-19-22-24-25-26-27-28-30-32-35-38-41-44-47-53(64)59(68)61-51(52(63)46-43-40-37-34-31-21-18-15-12-9-6-3)50-69-60-58(57(67)56(66)54(49-62)70-60)71-55(65)48-45-42-39-36-33-29-23-20-17-14-11-8-5-2/h16,19,24-25,27-28,32,35,43,46,51-54,56-58,60,62-64,66-67H,4-15,17-18,20-23,26,29-31,33-34,36-42,44-45,47-50H2,1-3H3,(H,61,68)/b19-16-,25-24-,28-27-,35-32-,46-43+. The number of carbonyl (C=O) groups excluding carboxylic acids is 2. The van der Waals surface area contributed by atoms with E-state index in [9.17, 15) is 35.1 Å². The van der Waals surface area contributed by atoms with Gasteiger partial charge in [0.25, 0.3) is 0 Å². The Bertz CT molecular complexity index is 1380. The number of hydrogen-bond donors (Lipinski definition) is 6. The van der Waals surface area contributed by atoms with Gasteiger partial charge < -0.3 is 45.1 Å². The van der Waals surface area contributed by atoms with E-state index in [-0.39, 0.29) is 19.4 Å². The molecule has 1 rings (SSSR count). The van der Waals surface area contributed by atoms with Gasteiger partial charge in [-0.25, -0.2) is 0 Å². The molecule has 0 radical (unpaired) electrons. The molecule has 11 nitrogen and oxygen atoms in total. The molecule has 0 aromatic rings. The molecule has 8 unspecified atom stereocenters. The van der Waals surface area contributed by atoms with Crippen molar-refractivity contribution in [3.05, 3.63) is 60.8 Å². The van der Waals surface area contributed by atoms with Gasteiger partial charge in [-0.1, -0.05) is 229 Å². The average molecular weight is 1000 g/mol. The molecule has 11 heteroatoms. The summed E-state index contributed by atoms with van der Waals surface area (Å²) in [4.78, 5) is 26.4. The third-order valence-corrected chi connectivity index (χ3v) is 13.4. The van der Waals surface area contributed by atoms with Gasteiger partial charge in [-0.05, 0) is 70.6 Å². The van der Waals surface area contributed by atoms with E-state index in [1.807, 2.05) is 6.08 Å². The maximum Gasteiger partial charge on any atom is 0.306 e. The Morgan fingerprint density at radius 2 is 0.972 bits per heavy atom. The maximum absolute atomic E-state index is 13.4. The van der Waals surface area contributed by atoms with Crippen molar-refractivity contribution in [1.82, 2.24) is 5.32 Å². The lowest BCUT2D eigenvalue weighted by Crippen LogP contribution is -2.61. The Labute approximate surface area is 433 Å². The summed E-state index contributed by atoms with van der Waals surface area (Å²) in [6, 6.07) is -1.04. The molecule has 412 valence electrons. The van der Waals surface area contributed by atoms with E-state index < -0.39 is 67.4 Å². The highest BCUT2D eigenvalue weighted by Gasteiger charge is 2.47. The molecule has 1 aliphatic heterocycles. The average Bonchev–Trinajstić information content (AvgIpc) is 3.37. The summed E-state index contributed by atoms with van der Waals surface area (Å²) in [5, 5.41) is 56.7. The summed E-state index contributed by atoms with van der Waals surface area (Å²) in [6.07, 6.45) is 48.3. The quantitative estimate of drug-likeness (QED) is 0.0196. The minimum atomic E-state index is -1.62. The van der Waals surface area contributed by atoms with Crippen LogP contribution in [0.1, 0.15) is 245 Å². The Kier molecular flexibility index (Phi) is 45.2. The van der Waals surface area contributed by atoms with Crippen LogP contribution in [0.2, 0.25) is 0 Å². The molecule has 0 bridgehead atoms. The van der Waals surface area contributed by atoms with Crippen molar-refractivity contribution in [2.45, 2.75) is 294 Å². The zero-order chi connectivity index (χ0) is 51.8. The highest BCUT2D eigenvalue weighted by Crippen LogP contribution is 2.26. The van der Waals surface area contributed by atoms with Crippen molar-refractivity contribution in [2.24, 2.45) is 0 Å². The minimum absolute atomic E-state index is 0.121. The monoisotopic (exact) mass is 1000 g/mol. The van der Waals surface area contributed by atoms with Crippen molar-refractivity contribution in [3.63, 3.8) is 0 Å². The van der Waals surface area contributed by atoms with Gasteiger partial charge in [-0.15, -0.1) is 0 Å². The van der Waals surface area contributed by atoms with Gasteiger partial charge in [0.05, 0.1) is 25.4 Å². The largest absolute Gasteiger partial charge is 0.454 e. The van der Waals surface area contributed by atoms with Gasteiger partial charge >= 0.3 is 5.97 Å². The van der Waals surface area contributed by atoms with Crippen LogP contribution in [0.4, 0.5) is 0 Å². The Hall–Kier alpha value is -2.64. The van der Waals surface area contributed by atoms with Gasteiger partial charge in [-0.2, -0.15) is 0 Å². The van der Waals surface area contributed by atoms with Gasteiger partial charge in [-0.3, -0.25) is 9.59 Å². The van der Waals surface area contributed by atoms with Gasteiger partial charge in [0.1, 0.15) is 24.4 Å². The summed E-state index contributed by atoms with van der Waals surface area (Å²) in [5.74, 6) is -1.23. The van der Waals surface area contributed by atoms with Crippen LogP contribution in [0.5, 0.6) is 0 Å². The number of esters is 1. The van der Waals surface area contributed by atoms with Crippen LogP contribution in [0.25, 0.3) is 0 Å². The van der Waals surface area contributed by atoms with Crippen LogP contribution in [0, 0.1) is 0 Å². The fourth-order valence-electron chi connectivity index (χ4n) is 8.75. The van der Waals surface area contributed by atoms with Crippen molar-refractivity contribution in [1.29, 1.82) is 0 Å². The molecule has 0 aromatic heterocycles. The molecule has 1 heterocycles. The molecule has 0 spiro atoms. The first-order chi connectivity index (χ1) is 34.7.